The van der Waals surface area contributed by atoms with Gasteiger partial charge in [0, 0.05) is 7.11 Å². The Morgan fingerprint density at radius 2 is 2.15 bits per heavy atom. The lowest BCUT2D eigenvalue weighted by Gasteiger charge is -2.33. The van der Waals surface area contributed by atoms with Crippen molar-refractivity contribution in [3.05, 3.63) is 12.7 Å². The molecular weight excluding hydrogens is 168 g/mol. The minimum atomic E-state index is -0.753. The molecule has 0 saturated heterocycles. The summed E-state index contributed by atoms with van der Waals surface area (Å²) in [4.78, 5) is 11.0. The molecule has 74 valence electrons. The molecule has 0 aromatic carbocycles. The van der Waals surface area contributed by atoms with E-state index in [0.717, 1.165) is 12.8 Å². The summed E-state index contributed by atoms with van der Waals surface area (Å²) in [7, 11) is 1.67. The number of methoxy groups -OCH3 is 1. The molecule has 1 aliphatic carbocycles. The second-order valence-electron chi connectivity index (χ2n) is 3.60. The van der Waals surface area contributed by atoms with Crippen molar-refractivity contribution in [2.24, 2.45) is 5.41 Å². The van der Waals surface area contributed by atoms with E-state index in [1.807, 2.05) is 0 Å². The minimum Gasteiger partial charge on any atom is -0.481 e. The van der Waals surface area contributed by atoms with E-state index in [4.69, 9.17) is 9.84 Å². The molecular formula is C10H16O3. The van der Waals surface area contributed by atoms with Crippen LogP contribution in [0.25, 0.3) is 0 Å². The fourth-order valence-corrected chi connectivity index (χ4v) is 1.85. The van der Waals surface area contributed by atoms with Crippen LogP contribution in [0.15, 0.2) is 12.7 Å². The Labute approximate surface area is 78.4 Å². The zero-order valence-electron chi connectivity index (χ0n) is 7.95. The Hall–Kier alpha value is -0.830. The molecule has 0 unspecified atom stereocenters. The summed E-state index contributed by atoms with van der Waals surface area (Å²) in [5.74, 6) is -0.753. The molecule has 0 heterocycles. The predicted octanol–water partition coefficient (Wildman–Crippen LogP) is 1.83. The van der Waals surface area contributed by atoms with Gasteiger partial charge in [-0.15, -0.1) is 6.58 Å². The summed E-state index contributed by atoms with van der Waals surface area (Å²) >= 11 is 0. The summed E-state index contributed by atoms with van der Waals surface area (Å²) in [6, 6.07) is 0. The van der Waals surface area contributed by atoms with Gasteiger partial charge in [0.1, 0.15) is 0 Å². The normalized spacial score (nSPS) is 34.1. The van der Waals surface area contributed by atoms with Crippen LogP contribution in [0.4, 0.5) is 0 Å². The molecule has 1 rings (SSSR count). The van der Waals surface area contributed by atoms with E-state index < -0.39 is 11.4 Å². The molecule has 1 aliphatic rings. The largest absolute Gasteiger partial charge is 0.481 e. The van der Waals surface area contributed by atoms with E-state index >= 15 is 0 Å². The maximum atomic E-state index is 11.0. The van der Waals surface area contributed by atoms with Crippen LogP contribution in [-0.4, -0.2) is 24.3 Å². The molecule has 0 radical (unpaired) electrons. The summed E-state index contributed by atoms with van der Waals surface area (Å²) in [6.45, 7) is 3.61. The van der Waals surface area contributed by atoms with Gasteiger partial charge in [0.2, 0.25) is 0 Å². The number of rotatable bonds is 3. The monoisotopic (exact) mass is 184 g/mol. The Kier molecular flexibility index (Phi) is 3.09. The lowest BCUT2D eigenvalue weighted by Crippen LogP contribution is -2.35. The number of hydrogen-bond donors (Lipinski definition) is 1. The van der Waals surface area contributed by atoms with E-state index in [1.54, 1.807) is 13.2 Å². The minimum absolute atomic E-state index is 0.229. The van der Waals surface area contributed by atoms with E-state index in [0.29, 0.717) is 12.8 Å². The van der Waals surface area contributed by atoms with Gasteiger partial charge in [0.25, 0.3) is 0 Å². The molecule has 0 spiro atoms. The fraction of sp³-hybridized carbons (Fsp3) is 0.700. The Bertz CT molecular complexity index is 202. The molecule has 3 heteroatoms. The third-order valence-electron chi connectivity index (χ3n) is 2.97. The van der Waals surface area contributed by atoms with Crippen LogP contribution >= 0.6 is 0 Å². The van der Waals surface area contributed by atoms with E-state index in [-0.39, 0.29) is 6.10 Å². The zero-order chi connectivity index (χ0) is 9.90. The summed E-state index contributed by atoms with van der Waals surface area (Å²) in [6.07, 6.45) is 4.71. The van der Waals surface area contributed by atoms with Gasteiger partial charge in [-0.3, -0.25) is 4.79 Å². The molecule has 0 aromatic heterocycles. The number of carboxylic acid groups (broad SMARTS) is 1. The first kappa shape index (κ1) is 10.3. The number of aliphatic carboxylic acids is 1. The van der Waals surface area contributed by atoms with Crippen molar-refractivity contribution in [1.82, 2.24) is 0 Å². The molecule has 0 atom stereocenters. The summed E-state index contributed by atoms with van der Waals surface area (Å²) in [5, 5.41) is 9.04. The standard InChI is InChI=1S/C10H16O3/c1-3-10(9(11)12)6-4-8(13-2)5-7-10/h3,8H,1,4-7H2,2H3,(H,11,12)/t8-,10-. The van der Waals surface area contributed by atoms with Crippen molar-refractivity contribution in [3.63, 3.8) is 0 Å². The SMILES string of the molecule is C=C[C@]1(C(=O)O)CC[C@H](OC)CC1. The predicted molar refractivity (Wildman–Crippen MR) is 49.5 cm³/mol. The van der Waals surface area contributed by atoms with Crippen LogP contribution in [0.1, 0.15) is 25.7 Å². The van der Waals surface area contributed by atoms with E-state index in [1.165, 1.54) is 0 Å². The van der Waals surface area contributed by atoms with Crippen LogP contribution in [-0.2, 0) is 9.53 Å². The van der Waals surface area contributed by atoms with Crippen molar-refractivity contribution >= 4 is 5.97 Å². The smallest absolute Gasteiger partial charge is 0.313 e. The highest BCUT2D eigenvalue weighted by Crippen LogP contribution is 2.38. The lowest BCUT2D eigenvalue weighted by molar-refractivity contribution is -0.148. The quantitative estimate of drug-likeness (QED) is 0.681. The number of carboxylic acids is 1. The van der Waals surface area contributed by atoms with Gasteiger partial charge in [-0.1, -0.05) is 6.08 Å². The highest BCUT2D eigenvalue weighted by atomic mass is 16.5. The maximum absolute atomic E-state index is 11.0. The molecule has 0 amide bonds. The lowest BCUT2D eigenvalue weighted by atomic mass is 9.73. The number of ether oxygens (including phenoxy) is 1. The van der Waals surface area contributed by atoms with Crippen molar-refractivity contribution in [3.8, 4) is 0 Å². The van der Waals surface area contributed by atoms with Crippen LogP contribution in [0.5, 0.6) is 0 Å². The number of hydrogen-bond acceptors (Lipinski definition) is 2. The number of carbonyl (C=O) groups is 1. The topological polar surface area (TPSA) is 46.5 Å². The van der Waals surface area contributed by atoms with Gasteiger partial charge in [0.05, 0.1) is 11.5 Å². The van der Waals surface area contributed by atoms with Crippen molar-refractivity contribution < 1.29 is 14.6 Å². The second-order valence-corrected chi connectivity index (χ2v) is 3.60. The molecule has 0 aromatic rings. The zero-order valence-corrected chi connectivity index (χ0v) is 7.95. The molecule has 3 nitrogen and oxygen atoms in total. The Morgan fingerprint density at radius 1 is 1.62 bits per heavy atom. The van der Waals surface area contributed by atoms with Crippen LogP contribution in [0.2, 0.25) is 0 Å². The summed E-state index contributed by atoms with van der Waals surface area (Å²) < 4.78 is 5.18. The van der Waals surface area contributed by atoms with Crippen LogP contribution < -0.4 is 0 Å². The van der Waals surface area contributed by atoms with Gasteiger partial charge < -0.3 is 9.84 Å². The third kappa shape index (κ3) is 1.91. The van der Waals surface area contributed by atoms with Gasteiger partial charge >= 0.3 is 5.97 Å². The molecule has 13 heavy (non-hydrogen) atoms. The first-order valence-electron chi connectivity index (χ1n) is 4.54. The van der Waals surface area contributed by atoms with Gasteiger partial charge in [-0.05, 0) is 25.7 Å². The fourth-order valence-electron chi connectivity index (χ4n) is 1.85. The van der Waals surface area contributed by atoms with Crippen molar-refractivity contribution in [1.29, 1.82) is 0 Å². The first-order chi connectivity index (χ1) is 6.14. The molecule has 1 fully saturated rings. The van der Waals surface area contributed by atoms with Gasteiger partial charge in [-0.25, -0.2) is 0 Å². The van der Waals surface area contributed by atoms with Crippen molar-refractivity contribution in [2.75, 3.05) is 7.11 Å². The first-order valence-corrected chi connectivity index (χ1v) is 4.54. The Morgan fingerprint density at radius 3 is 2.46 bits per heavy atom. The molecule has 1 saturated carbocycles. The third-order valence-corrected chi connectivity index (χ3v) is 2.97. The van der Waals surface area contributed by atoms with Gasteiger partial charge in [-0.2, -0.15) is 0 Å². The van der Waals surface area contributed by atoms with Gasteiger partial charge in [0.15, 0.2) is 0 Å². The van der Waals surface area contributed by atoms with E-state index in [9.17, 15) is 4.79 Å². The average Bonchev–Trinajstić information content (AvgIpc) is 2.17. The Balaban J connectivity index is 2.63. The molecule has 0 bridgehead atoms. The van der Waals surface area contributed by atoms with Crippen molar-refractivity contribution in [2.45, 2.75) is 31.8 Å². The van der Waals surface area contributed by atoms with Crippen LogP contribution in [0, 0.1) is 5.41 Å². The van der Waals surface area contributed by atoms with Crippen LogP contribution in [0.3, 0.4) is 0 Å². The highest BCUT2D eigenvalue weighted by Gasteiger charge is 2.39. The maximum Gasteiger partial charge on any atom is 0.313 e. The highest BCUT2D eigenvalue weighted by molar-refractivity contribution is 5.77. The molecule has 0 aliphatic heterocycles. The average molecular weight is 184 g/mol. The second kappa shape index (κ2) is 3.92. The molecule has 1 N–H and O–H groups in total. The van der Waals surface area contributed by atoms with E-state index in [2.05, 4.69) is 6.58 Å². The summed E-state index contributed by atoms with van der Waals surface area (Å²) in [5.41, 5.74) is -0.699.